The Labute approximate surface area is 95.4 Å². The topological polar surface area (TPSA) is 144 Å². The molecule has 0 aromatic carbocycles. The Morgan fingerprint density at radius 1 is 1.53 bits per heavy atom. The molecule has 0 saturated carbocycles. The molecule has 0 radical (unpaired) electrons. The number of ether oxygens (including phenoxy) is 1. The molecule has 0 spiro atoms. The van der Waals surface area contributed by atoms with Crippen LogP contribution in [-0.2, 0) is 4.74 Å². The predicted molar refractivity (Wildman–Crippen MR) is 51.5 cm³/mol. The predicted octanol–water partition coefficient (Wildman–Crippen LogP) is -3.01. The van der Waals surface area contributed by atoms with Crippen molar-refractivity contribution in [1.82, 2.24) is 14.8 Å². The molecule has 1 aromatic rings. The summed E-state index contributed by atoms with van der Waals surface area (Å²) >= 11 is 0. The molecule has 1 amide bonds. The highest BCUT2D eigenvalue weighted by atomic mass is 16.6. The van der Waals surface area contributed by atoms with Gasteiger partial charge in [0.05, 0.1) is 6.61 Å². The molecule has 1 aromatic heterocycles. The number of amides is 1. The number of rotatable bonds is 3. The summed E-state index contributed by atoms with van der Waals surface area (Å²) in [6, 6.07) is 0. The van der Waals surface area contributed by atoms with Gasteiger partial charge in [-0.15, -0.1) is 5.10 Å². The van der Waals surface area contributed by atoms with E-state index >= 15 is 0 Å². The van der Waals surface area contributed by atoms with Crippen LogP contribution in [0.15, 0.2) is 6.33 Å². The average molecular weight is 244 g/mol. The third-order valence-electron chi connectivity index (χ3n) is 2.51. The minimum absolute atomic E-state index is 0.220. The quantitative estimate of drug-likeness (QED) is 0.443. The van der Waals surface area contributed by atoms with Crippen LogP contribution >= 0.6 is 0 Å². The van der Waals surface area contributed by atoms with Crippen molar-refractivity contribution in [3.05, 3.63) is 12.2 Å². The van der Waals surface area contributed by atoms with E-state index in [1.54, 1.807) is 0 Å². The molecule has 17 heavy (non-hydrogen) atoms. The summed E-state index contributed by atoms with van der Waals surface area (Å²) in [5, 5.41) is 31.8. The molecule has 9 nitrogen and oxygen atoms in total. The molecule has 94 valence electrons. The Morgan fingerprint density at radius 3 is 2.71 bits per heavy atom. The molecule has 2 rings (SSSR count). The summed E-state index contributed by atoms with van der Waals surface area (Å²) in [7, 11) is 0. The number of nitrogens with two attached hydrogens (primary N) is 1. The van der Waals surface area contributed by atoms with Gasteiger partial charge in [-0.3, -0.25) is 4.79 Å². The summed E-state index contributed by atoms with van der Waals surface area (Å²) in [5.41, 5.74) is 4.97. The molecule has 0 aliphatic carbocycles. The molecule has 1 aliphatic rings. The first-order valence-electron chi connectivity index (χ1n) is 4.88. The number of aromatic nitrogens is 3. The summed E-state index contributed by atoms with van der Waals surface area (Å²) < 4.78 is 6.25. The van der Waals surface area contributed by atoms with Gasteiger partial charge in [0.25, 0.3) is 5.91 Å². The second-order valence-corrected chi connectivity index (χ2v) is 3.64. The van der Waals surface area contributed by atoms with E-state index in [1.165, 1.54) is 0 Å². The minimum atomic E-state index is -1.27. The zero-order valence-corrected chi connectivity index (χ0v) is 8.67. The van der Waals surface area contributed by atoms with Crippen LogP contribution < -0.4 is 5.73 Å². The molecule has 5 N–H and O–H groups in total. The van der Waals surface area contributed by atoms with E-state index in [0.29, 0.717) is 0 Å². The van der Waals surface area contributed by atoms with E-state index in [4.69, 9.17) is 15.6 Å². The highest BCUT2D eigenvalue weighted by molar-refractivity contribution is 5.88. The van der Waals surface area contributed by atoms with E-state index in [-0.39, 0.29) is 5.82 Å². The lowest BCUT2D eigenvalue weighted by Gasteiger charge is -2.13. The van der Waals surface area contributed by atoms with E-state index in [0.717, 1.165) is 11.0 Å². The van der Waals surface area contributed by atoms with Gasteiger partial charge in [-0.05, 0) is 0 Å². The maximum atomic E-state index is 10.8. The third kappa shape index (κ3) is 2.00. The zero-order chi connectivity index (χ0) is 12.6. The minimum Gasteiger partial charge on any atom is -0.394 e. The van der Waals surface area contributed by atoms with Crippen molar-refractivity contribution in [3.8, 4) is 0 Å². The number of aliphatic hydroxyl groups is 3. The van der Waals surface area contributed by atoms with Gasteiger partial charge in [-0.1, -0.05) is 0 Å². The van der Waals surface area contributed by atoms with Crippen molar-refractivity contribution in [2.75, 3.05) is 6.61 Å². The number of hydrogen-bond donors (Lipinski definition) is 4. The van der Waals surface area contributed by atoms with Crippen molar-refractivity contribution in [3.63, 3.8) is 0 Å². The average Bonchev–Trinajstić information content (AvgIpc) is 2.87. The van der Waals surface area contributed by atoms with Crippen LogP contribution in [0.25, 0.3) is 0 Å². The lowest BCUT2D eigenvalue weighted by atomic mass is 10.1. The van der Waals surface area contributed by atoms with Crippen LogP contribution in [0.5, 0.6) is 0 Å². The highest BCUT2D eigenvalue weighted by Crippen LogP contribution is 2.28. The fourth-order valence-corrected chi connectivity index (χ4v) is 1.61. The van der Waals surface area contributed by atoms with Gasteiger partial charge in [0.1, 0.15) is 24.6 Å². The fraction of sp³-hybridized carbons (Fsp3) is 0.625. The molecule has 1 saturated heterocycles. The van der Waals surface area contributed by atoms with Crippen molar-refractivity contribution in [1.29, 1.82) is 0 Å². The Balaban J connectivity index is 2.19. The molecule has 1 fully saturated rings. The second-order valence-electron chi connectivity index (χ2n) is 3.64. The number of aliphatic hydroxyl groups excluding tert-OH is 3. The Hall–Kier alpha value is -1.55. The van der Waals surface area contributed by atoms with Crippen molar-refractivity contribution in [2.45, 2.75) is 24.5 Å². The Morgan fingerprint density at radius 2 is 2.24 bits per heavy atom. The van der Waals surface area contributed by atoms with Crippen LogP contribution in [-0.4, -0.2) is 60.9 Å². The number of nitrogens with zero attached hydrogens (tertiary/aromatic N) is 3. The maximum absolute atomic E-state index is 10.8. The normalized spacial score (nSPS) is 32.9. The van der Waals surface area contributed by atoms with Gasteiger partial charge in [0.15, 0.2) is 6.23 Å². The van der Waals surface area contributed by atoms with Gasteiger partial charge in [0.2, 0.25) is 5.82 Å². The molecule has 2 heterocycles. The van der Waals surface area contributed by atoms with Crippen LogP contribution in [0.4, 0.5) is 0 Å². The summed E-state index contributed by atoms with van der Waals surface area (Å²) in [4.78, 5) is 14.4. The summed E-state index contributed by atoms with van der Waals surface area (Å²) in [6.45, 7) is -0.438. The molecule has 4 atom stereocenters. The molecule has 1 aliphatic heterocycles. The SMILES string of the molecule is NC(=O)c1ncn([C@@H]2O[C@@H](CO)[C@H](O)[C@H]2O)n1. The first-order chi connectivity index (χ1) is 8.04. The van der Waals surface area contributed by atoms with E-state index < -0.39 is 37.1 Å². The van der Waals surface area contributed by atoms with Crippen LogP contribution in [0.2, 0.25) is 0 Å². The smallest absolute Gasteiger partial charge is 0.288 e. The second kappa shape index (κ2) is 4.37. The zero-order valence-electron chi connectivity index (χ0n) is 8.67. The maximum Gasteiger partial charge on any atom is 0.288 e. The van der Waals surface area contributed by atoms with Crippen LogP contribution in [0.1, 0.15) is 16.8 Å². The number of hydrogen-bond acceptors (Lipinski definition) is 7. The molecular weight excluding hydrogens is 232 g/mol. The molecule has 9 heteroatoms. The number of carbonyl (C=O) groups excluding carboxylic acids is 1. The standard InChI is InChI=1S/C8H12N4O5/c9-6(16)7-10-2-12(11-7)8-5(15)4(14)3(1-13)17-8/h2-5,8,13-15H,1H2,(H2,9,16)/t3-,4-,5+,8+/m0/s1. The molecule has 0 bridgehead atoms. The van der Waals surface area contributed by atoms with Crippen molar-refractivity contribution >= 4 is 5.91 Å². The molecular formula is C8H12N4O5. The lowest BCUT2D eigenvalue weighted by Crippen LogP contribution is -2.33. The monoisotopic (exact) mass is 244 g/mol. The van der Waals surface area contributed by atoms with Gasteiger partial charge in [-0.25, -0.2) is 9.67 Å². The van der Waals surface area contributed by atoms with Crippen molar-refractivity contribution < 1.29 is 24.9 Å². The van der Waals surface area contributed by atoms with Crippen LogP contribution in [0.3, 0.4) is 0 Å². The highest BCUT2D eigenvalue weighted by Gasteiger charge is 2.43. The number of carbonyl (C=O) groups is 1. The fourth-order valence-electron chi connectivity index (χ4n) is 1.61. The van der Waals surface area contributed by atoms with E-state index in [2.05, 4.69) is 10.1 Å². The summed E-state index contributed by atoms with van der Waals surface area (Å²) in [6.07, 6.45) is -3.26. The molecule has 0 unspecified atom stereocenters. The third-order valence-corrected chi connectivity index (χ3v) is 2.51. The van der Waals surface area contributed by atoms with E-state index in [9.17, 15) is 15.0 Å². The van der Waals surface area contributed by atoms with E-state index in [1.807, 2.05) is 0 Å². The first kappa shape index (κ1) is 11.9. The van der Waals surface area contributed by atoms with Gasteiger partial charge in [0, 0.05) is 0 Å². The lowest BCUT2D eigenvalue weighted by molar-refractivity contribution is -0.0588. The summed E-state index contributed by atoms with van der Waals surface area (Å²) in [5.74, 6) is -1.03. The Bertz CT molecular complexity index is 422. The van der Waals surface area contributed by atoms with Gasteiger partial charge < -0.3 is 25.8 Å². The van der Waals surface area contributed by atoms with Crippen LogP contribution in [0, 0.1) is 0 Å². The Kier molecular flexibility index (Phi) is 3.07. The number of primary amides is 1. The first-order valence-corrected chi connectivity index (χ1v) is 4.88. The largest absolute Gasteiger partial charge is 0.394 e. The van der Waals surface area contributed by atoms with Crippen molar-refractivity contribution in [2.24, 2.45) is 5.73 Å². The van der Waals surface area contributed by atoms with Gasteiger partial charge in [-0.2, -0.15) is 0 Å². The van der Waals surface area contributed by atoms with Gasteiger partial charge >= 0.3 is 0 Å².